The zero-order valence-corrected chi connectivity index (χ0v) is 11.9. The molecule has 1 heterocycles. The summed E-state index contributed by atoms with van der Waals surface area (Å²) < 4.78 is 55.9. The molecule has 0 N–H and O–H groups in total. The van der Waals surface area contributed by atoms with Gasteiger partial charge in [0.15, 0.2) is 0 Å². The Morgan fingerprint density at radius 3 is 2.47 bits per heavy atom. The van der Waals surface area contributed by atoms with Crippen LogP contribution in [0.3, 0.4) is 0 Å². The third kappa shape index (κ3) is 3.75. The van der Waals surface area contributed by atoms with Gasteiger partial charge in [-0.05, 0) is 19.1 Å². The highest BCUT2D eigenvalue weighted by Gasteiger charge is 2.30. The number of hydrogen-bond donors (Lipinski definition) is 0. The second kappa shape index (κ2) is 5.20. The van der Waals surface area contributed by atoms with Crippen molar-refractivity contribution in [2.75, 3.05) is 12.4 Å². The minimum Gasteiger partial charge on any atom is -0.270 e. The van der Waals surface area contributed by atoms with Gasteiger partial charge >= 0.3 is 0 Å². The van der Waals surface area contributed by atoms with Crippen LogP contribution in [-0.4, -0.2) is 35.3 Å². The van der Waals surface area contributed by atoms with Crippen LogP contribution in [-0.2, 0) is 28.6 Å². The van der Waals surface area contributed by atoms with Crippen molar-refractivity contribution in [1.82, 2.24) is 0 Å². The van der Waals surface area contributed by atoms with Gasteiger partial charge < -0.3 is 0 Å². The number of benzene rings is 1. The topological polar surface area (TPSA) is 86.7 Å². The van der Waals surface area contributed by atoms with E-state index < -0.39 is 32.1 Å². The maximum absolute atomic E-state index is 12.0. The van der Waals surface area contributed by atoms with Crippen LogP contribution >= 0.6 is 0 Å². The minimum atomic E-state index is -3.95. The van der Waals surface area contributed by atoms with Crippen LogP contribution in [0.2, 0.25) is 0 Å². The first-order valence-electron chi connectivity index (χ1n) is 5.66. The van der Waals surface area contributed by atoms with Gasteiger partial charge in [-0.3, -0.25) is 8.37 Å². The summed E-state index contributed by atoms with van der Waals surface area (Å²) in [7, 11) is -7.63. The molecule has 106 valence electrons. The van der Waals surface area contributed by atoms with Crippen molar-refractivity contribution in [2.24, 2.45) is 0 Å². The van der Waals surface area contributed by atoms with Gasteiger partial charge in [0.1, 0.15) is 5.75 Å². The van der Waals surface area contributed by atoms with E-state index in [0.717, 1.165) is 5.56 Å². The van der Waals surface area contributed by atoms with E-state index in [4.69, 9.17) is 4.18 Å². The van der Waals surface area contributed by atoms with Gasteiger partial charge in [0, 0.05) is 6.42 Å². The monoisotopic (exact) mass is 306 g/mol. The highest BCUT2D eigenvalue weighted by atomic mass is 32.2. The third-order valence-corrected chi connectivity index (χ3v) is 5.35. The Morgan fingerprint density at radius 2 is 1.89 bits per heavy atom. The fourth-order valence-corrected chi connectivity index (χ4v) is 4.01. The smallest absolute Gasteiger partial charge is 0.270 e. The van der Waals surface area contributed by atoms with Gasteiger partial charge in [-0.2, -0.15) is 16.8 Å². The molecule has 0 aliphatic carbocycles. The Kier molecular flexibility index (Phi) is 3.95. The average Bonchev–Trinajstić information content (AvgIpc) is 2.27. The van der Waals surface area contributed by atoms with E-state index in [1.165, 1.54) is 12.1 Å². The lowest BCUT2D eigenvalue weighted by molar-refractivity contribution is 0.162. The van der Waals surface area contributed by atoms with Crippen LogP contribution in [0.4, 0.5) is 0 Å². The third-order valence-electron chi connectivity index (χ3n) is 2.67. The van der Waals surface area contributed by atoms with E-state index in [0.29, 0.717) is 0 Å². The van der Waals surface area contributed by atoms with E-state index in [1.807, 2.05) is 6.92 Å². The molecule has 6 nitrogen and oxygen atoms in total. The molecule has 1 aliphatic rings. The van der Waals surface area contributed by atoms with Crippen molar-refractivity contribution >= 4 is 20.2 Å². The largest absolute Gasteiger partial charge is 0.297 e. The van der Waals surface area contributed by atoms with Crippen LogP contribution in [0.25, 0.3) is 0 Å². The van der Waals surface area contributed by atoms with E-state index in [2.05, 4.69) is 4.18 Å². The summed E-state index contributed by atoms with van der Waals surface area (Å²) >= 11 is 0. The molecule has 0 spiro atoms. The normalized spacial score (nSPS) is 23.1. The fraction of sp³-hybridized carbons (Fsp3) is 0.455. The van der Waals surface area contributed by atoms with Crippen LogP contribution in [0.1, 0.15) is 12.0 Å². The van der Waals surface area contributed by atoms with Gasteiger partial charge in [-0.15, -0.1) is 0 Å². The van der Waals surface area contributed by atoms with Crippen LogP contribution in [0, 0.1) is 6.92 Å². The maximum atomic E-state index is 12.0. The van der Waals surface area contributed by atoms with Crippen molar-refractivity contribution in [3.63, 3.8) is 0 Å². The van der Waals surface area contributed by atoms with Gasteiger partial charge in [0.2, 0.25) is 0 Å². The Morgan fingerprint density at radius 1 is 1.26 bits per heavy atom. The molecule has 0 amide bonds. The number of aryl methyl sites for hydroxylation is 1. The first-order valence-corrected chi connectivity index (χ1v) is 8.64. The zero-order chi connectivity index (χ0) is 14.1. The molecular formula is C11H14O6S2. The van der Waals surface area contributed by atoms with Gasteiger partial charge in [-0.25, -0.2) is 0 Å². The van der Waals surface area contributed by atoms with E-state index in [9.17, 15) is 16.8 Å². The SMILES string of the molecule is Cc1ccc(S(=O)(=O)OC2CCOS(=O)(=O)C2)cc1. The molecule has 1 atom stereocenters. The van der Waals surface area contributed by atoms with Gasteiger partial charge in [0.25, 0.3) is 20.2 Å². The first kappa shape index (κ1) is 14.4. The van der Waals surface area contributed by atoms with Crippen LogP contribution in [0.5, 0.6) is 0 Å². The van der Waals surface area contributed by atoms with Gasteiger partial charge in [0.05, 0.1) is 17.6 Å². The van der Waals surface area contributed by atoms with Crippen molar-refractivity contribution < 1.29 is 25.2 Å². The highest BCUT2D eigenvalue weighted by Crippen LogP contribution is 2.20. The molecule has 0 bridgehead atoms. The predicted molar refractivity (Wildman–Crippen MR) is 67.6 cm³/mol. The molecule has 1 aromatic rings. The van der Waals surface area contributed by atoms with Crippen molar-refractivity contribution in [3.05, 3.63) is 29.8 Å². The standard InChI is InChI=1S/C11H14O6S2/c1-9-2-4-11(5-3-9)19(14,15)17-10-6-7-16-18(12,13)8-10/h2-5,10H,6-8H2,1H3. The lowest BCUT2D eigenvalue weighted by Gasteiger charge is -2.21. The number of rotatable bonds is 3. The second-order valence-electron chi connectivity index (χ2n) is 4.32. The lowest BCUT2D eigenvalue weighted by atomic mass is 10.2. The molecule has 1 saturated heterocycles. The average molecular weight is 306 g/mol. The zero-order valence-electron chi connectivity index (χ0n) is 10.3. The Labute approximate surface area is 112 Å². The number of hydrogen-bond acceptors (Lipinski definition) is 6. The molecular weight excluding hydrogens is 292 g/mol. The predicted octanol–water partition coefficient (Wildman–Crippen LogP) is 0.819. The van der Waals surface area contributed by atoms with Crippen molar-refractivity contribution in [1.29, 1.82) is 0 Å². The summed E-state index contributed by atoms with van der Waals surface area (Å²) in [5.41, 5.74) is 0.924. The molecule has 2 rings (SSSR count). The molecule has 0 aromatic heterocycles. The summed E-state index contributed by atoms with van der Waals surface area (Å²) in [4.78, 5) is 0.0157. The fourth-order valence-electron chi connectivity index (χ4n) is 1.68. The summed E-state index contributed by atoms with van der Waals surface area (Å²) in [5, 5.41) is 0. The molecule has 1 unspecified atom stereocenters. The Bertz CT molecular complexity index is 645. The first-order chi connectivity index (χ1) is 8.78. The Balaban J connectivity index is 2.15. The molecule has 1 aromatic carbocycles. The summed E-state index contributed by atoms with van der Waals surface area (Å²) in [6.07, 6.45) is -0.672. The van der Waals surface area contributed by atoms with E-state index >= 15 is 0 Å². The highest BCUT2D eigenvalue weighted by molar-refractivity contribution is 7.87. The second-order valence-corrected chi connectivity index (χ2v) is 7.58. The minimum absolute atomic E-state index is 0.0157. The molecule has 1 aliphatic heterocycles. The lowest BCUT2D eigenvalue weighted by Crippen LogP contribution is -2.34. The molecule has 19 heavy (non-hydrogen) atoms. The molecule has 8 heteroatoms. The molecule has 0 saturated carbocycles. The quantitative estimate of drug-likeness (QED) is 0.768. The summed E-state index contributed by atoms with van der Waals surface area (Å²) in [5.74, 6) is -0.446. The van der Waals surface area contributed by atoms with E-state index in [1.54, 1.807) is 12.1 Å². The molecule has 1 fully saturated rings. The van der Waals surface area contributed by atoms with Crippen LogP contribution in [0.15, 0.2) is 29.2 Å². The Hall–Kier alpha value is -0.960. The molecule has 0 radical (unpaired) electrons. The summed E-state index contributed by atoms with van der Waals surface area (Å²) in [6.45, 7) is 1.78. The van der Waals surface area contributed by atoms with Crippen molar-refractivity contribution in [3.8, 4) is 0 Å². The van der Waals surface area contributed by atoms with Gasteiger partial charge in [-0.1, -0.05) is 17.7 Å². The maximum Gasteiger partial charge on any atom is 0.297 e. The van der Waals surface area contributed by atoms with E-state index in [-0.39, 0.29) is 17.9 Å². The summed E-state index contributed by atoms with van der Waals surface area (Å²) in [6, 6.07) is 6.16. The van der Waals surface area contributed by atoms with Crippen LogP contribution < -0.4 is 0 Å². The van der Waals surface area contributed by atoms with Crippen molar-refractivity contribution in [2.45, 2.75) is 24.3 Å².